The lowest BCUT2D eigenvalue weighted by Gasteiger charge is -2.04. The van der Waals surface area contributed by atoms with Gasteiger partial charge in [-0.15, -0.1) is 0 Å². The molecule has 7 heteroatoms. The summed E-state index contributed by atoms with van der Waals surface area (Å²) in [5.74, 6) is -2.10. The predicted octanol–water partition coefficient (Wildman–Crippen LogP) is -0.549. The quantitative estimate of drug-likeness (QED) is 0.419. The number of nitrogens with one attached hydrogen (secondary N) is 2. The number of rotatable bonds is 3. The van der Waals surface area contributed by atoms with E-state index in [4.69, 9.17) is 10.8 Å². The number of imidazole rings is 1. The molecule has 1 aromatic heterocycles. The lowest BCUT2D eigenvalue weighted by Crippen LogP contribution is -2.38. The molecule has 1 unspecified atom stereocenters. The minimum absolute atomic E-state index is 0.141. The minimum Gasteiger partial charge on any atom is -0.480 e. The van der Waals surface area contributed by atoms with Crippen LogP contribution < -0.4 is 11.4 Å². The van der Waals surface area contributed by atoms with Crippen molar-refractivity contribution in [2.75, 3.05) is 0 Å². The lowest BCUT2D eigenvalue weighted by molar-refractivity contribution is -0.137. The maximum Gasteiger partial charge on any atom is 0.328 e. The largest absolute Gasteiger partial charge is 0.480 e. The van der Waals surface area contributed by atoms with E-state index < -0.39 is 23.5 Å². The number of hydrogen-bond acceptors (Lipinski definition) is 4. The highest BCUT2D eigenvalue weighted by Crippen LogP contribution is 2.11. The fourth-order valence-electron chi connectivity index (χ4n) is 1.48. The lowest BCUT2D eigenvalue weighted by atomic mass is 10.0. The number of aromatic amines is 2. The van der Waals surface area contributed by atoms with E-state index in [0.717, 1.165) is 0 Å². The summed E-state index contributed by atoms with van der Waals surface area (Å²) in [6.45, 7) is 0. The first kappa shape index (κ1) is 11.1. The van der Waals surface area contributed by atoms with Crippen molar-refractivity contribution in [2.24, 2.45) is 5.73 Å². The number of carbonyl (C=O) groups excluding carboxylic acids is 1. The predicted molar refractivity (Wildman–Crippen MR) is 58.9 cm³/mol. The van der Waals surface area contributed by atoms with Crippen molar-refractivity contribution in [3.05, 3.63) is 34.2 Å². The summed E-state index contributed by atoms with van der Waals surface area (Å²) < 4.78 is 0. The van der Waals surface area contributed by atoms with E-state index in [9.17, 15) is 14.4 Å². The number of carbonyl (C=O) groups is 2. The van der Waals surface area contributed by atoms with Crippen molar-refractivity contribution in [3.8, 4) is 0 Å². The van der Waals surface area contributed by atoms with Gasteiger partial charge < -0.3 is 20.8 Å². The number of nitrogens with two attached hydrogens (primary N) is 1. The van der Waals surface area contributed by atoms with Gasteiger partial charge in [0.15, 0.2) is 11.8 Å². The number of benzene rings is 1. The number of fused-ring (bicyclic) bond motifs is 1. The second-order valence-corrected chi connectivity index (χ2v) is 3.52. The van der Waals surface area contributed by atoms with Crippen LogP contribution in [-0.4, -0.2) is 32.9 Å². The third-order valence-corrected chi connectivity index (χ3v) is 2.35. The Hall–Kier alpha value is -2.41. The number of carboxylic acids is 1. The molecule has 0 bridgehead atoms. The van der Waals surface area contributed by atoms with E-state index in [1.807, 2.05) is 0 Å². The standard InChI is InChI=1S/C10H9N3O4/c11-7(9(15)16)8(14)4-1-2-5-6(3-4)13-10(17)12-5/h1-3,7H,11H2,(H,15,16)(H2,12,13,17). The van der Waals surface area contributed by atoms with E-state index in [-0.39, 0.29) is 5.56 Å². The Morgan fingerprint density at radius 1 is 1.24 bits per heavy atom. The Balaban J connectivity index is 2.46. The molecule has 5 N–H and O–H groups in total. The van der Waals surface area contributed by atoms with E-state index in [1.54, 1.807) is 0 Å². The Kier molecular flexibility index (Phi) is 2.52. The first-order valence-corrected chi connectivity index (χ1v) is 4.73. The van der Waals surface area contributed by atoms with Crippen LogP contribution in [0.2, 0.25) is 0 Å². The number of aliphatic carboxylic acids is 1. The molecule has 0 radical (unpaired) electrons. The summed E-state index contributed by atoms with van der Waals surface area (Å²) in [5, 5.41) is 8.62. The summed E-state index contributed by atoms with van der Waals surface area (Å²) in [4.78, 5) is 38.2. The molecule has 88 valence electrons. The van der Waals surface area contributed by atoms with Gasteiger partial charge in [0.2, 0.25) is 0 Å². The topological polar surface area (TPSA) is 129 Å². The van der Waals surface area contributed by atoms with Crippen LogP contribution in [0.25, 0.3) is 11.0 Å². The number of Topliss-reactive ketones (excluding diaryl/α,β-unsaturated/α-hetero) is 1. The number of carboxylic acid groups (broad SMARTS) is 1. The van der Waals surface area contributed by atoms with Gasteiger partial charge in [-0.1, -0.05) is 0 Å². The summed E-state index contributed by atoms with van der Waals surface area (Å²) in [6, 6.07) is 2.71. The third-order valence-electron chi connectivity index (χ3n) is 2.35. The summed E-state index contributed by atoms with van der Waals surface area (Å²) in [7, 11) is 0. The van der Waals surface area contributed by atoms with Crippen LogP contribution >= 0.6 is 0 Å². The van der Waals surface area contributed by atoms with Crippen LogP contribution in [0, 0.1) is 0 Å². The minimum atomic E-state index is -1.60. The van der Waals surface area contributed by atoms with Crippen molar-refractivity contribution >= 4 is 22.8 Å². The molecule has 0 aliphatic rings. The SMILES string of the molecule is NC(C(=O)O)C(=O)c1ccc2[nH]c(=O)[nH]c2c1. The summed E-state index contributed by atoms with van der Waals surface area (Å²) >= 11 is 0. The molecule has 7 nitrogen and oxygen atoms in total. The Morgan fingerprint density at radius 3 is 2.53 bits per heavy atom. The van der Waals surface area contributed by atoms with Gasteiger partial charge in [-0.2, -0.15) is 0 Å². The molecule has 0 fully saturated rings. The van der Waals surface area contributed by atoms with Gasteiger partial charge in [0, 0.05) is 5.56 Å². The average Bonchev–Trinajstić information content (AvgIpc) is 2.65. The number of ketones is 1. The van der Waals surface area contributed by atoms with Crippen molar-refractivity contribution in [3.63, 3.8) is 0 Å². The second kappa shape index (κ2) is 3.87. The van der Waals surface area contributed by atoms with Gasteiger partial charge >= 0.3 is 11.7 Å². The molecule has 0 saturated carbocycles. The number of hydrogen-bond donors (Lipinski definition) is 4. The van der Waals surface area contributed by atoms with Gasteiger partial charge in [-0.05, 0) is 18.2 Å². The fourth-order valence-corrected chi connectivity index (χ4v) is 1.48. The summed E-state index contributed by atoms with van der Waals surface area (Å²) in [6.07, 6.45) is 0. The molecule has 17 heavy (non-hydrogen) atoms. The van der Waals surface area contributed by atoms with Crippen molar-refractivity contribution in [1.82, 2.24) is 9.97 Å². The maximum atomic E-state index is 11.6. The van der Waals surface area contributed by atoms with E-state index in [2.05, 4.69) is 9.97 Å². The molecular formula is C10H9N3O4. The molecule has 1 atom stereocenters. The molecular weight excluding hydrogens is 226 g/mol. The maximum absolute atomic E-state index is 11.6. The zero-order valence-electron chi connectivity index (χ0n) is 8.56. The molecule has 2 aromatic rings. The molecule has 0 saturated heterocycles. The molecule has 0 amide bonds. The Morgan fingerprint density at radius 2 is 1.88 bits per heavy atom. The van der Waals surface area contributed by atoms with Crippen molar-refractivity contribution < 1.29 is 14.7 Å². The first-order chi connectivity index (χ1) is 7.99. The number of H-pyrrole nitrogens is 2. The molecule has 1 heterocycles. The van der Waals surface area contributed by atoms with Crippen LogP contribution in [0.3, 0.4) is 0 Å². The van der Waals surface area contributed by atoms with E-state index in [1.165, 1.54) is 18.2 Å². The van der Waals surface area contributed by atoms with Gasteiger partial charge in [0.1, 0.15) is 0 Å². The fraction of sp³-hybridized carbons (Fsp3) is 0.100. The highest BCUT2D eigenvalue weighted by molar-refractivity contribution is 6.12. The molecule has 1 aromatic carbocycles. The second-order valence-electron chi connectivity index (χ2n) is 3.52. The van der Waals surface area contributed by atoms with Gasteiger partial charge in [-0.3, -0.25) is 9.59 Å². The molecule has 2 rings (SSSR count). The number of aromatic nitrogens is 2. The van der Waals surface area contributed by atoms with Crippen LogP contribution in [0.5, 0.6) is 0 Å². The van der Waals surface area contributed by atoms with Gasteiger partial charge in [0.25, 0.3) is 0 Å². The van der Waals surface area contributed by atoms with Gasteiger partial charge in [-0.25, -0.2) is 4.79 Å². The monoisotopic (exact) mass is 235 g/mol. The zero-order valence-corrected chi connectivity index (χ0v) is 8.56. The normalized spacial score (nSPS) is 12.5. The van der Waals surface area contributed by atoms with Crippen LogP contribution in [0.4, 0.5) is 0 Å². The summed E-state index contributed by atoms with van der Waals surface area (Å²) in [5.41, 5.74) is 5.92. The van der Waals surface area contributed by atoms with Crippen molar-refractivity contribution in [1.29, 1.82) is 0 Å². The third kappa shape index (κ3) is 1.95. The highest BCUT2D eigenvalue weighted by Gasteiger charge is 2.22. The Labute approximate surface area is 94.3 Å². The van der Waals surface area contributed by atoms with E-state index in [0.29, 0.717) is 11.0 Å². The Bertz CT molecular complexity index is 655. The zero-order chi connectivity index (χ0) is 12.6. The highest BCUT2D eigenvalue weighted by atomic mass is 16.4. The molecule has 0 aliphatic carbocycles. The van der Waals surface area contributed by atoms with Crippen LogP contribution in [0.15, 0.2) is 23.0 Å². The molecule has 0 aliphatic heterocycles. The van der Waals surface area contributed by atoms with Gasteiger partial charge in [0.05, 0.1) is 11.0 Å². The van der Waals surface area contributed by atoms with Crippen molar-refractivity contribution in [2.45, 2.75) is 6.04 Å². The first-order valence-electron chi connectivity index (χ1n) is 4.73. The van der Waals surface area contributed by atoms with E-state index >= 15 is 0 Å². The van der Waals surface area contributed by atoms with Crippen LogP contribution in [0.1, 0.15) is 10.4 Å². The van der Waals surface area contributed by atoms with Crippen LogP contribution in [-0.2, 0) is 4.79 Å². The smallest absolute Gasteiger partial charge is 0.328 e. The average molecular weight is 235 g/mol. The molecule has 0 spiro atoms.